The molecule has 0 aliphatic heterocycles. The Hall–Kier alpha value is 0.0700. The summed E-state index contributed by atoms with van der Waals surface area (Å²) in [5.74, 6) is 0.312. The Kier molecular flexibility index (Phi) is 7.17. The van der Waals surface area contributed by atoms with Crippen LogP contribution in [-0.4, -0.2) is 41.3 Å². The zero-order valence-electron chi connectivity index (χ0n) is 20.1. The van der Waals surface area contributed by atoms with Gasteiger partial charge in [0, 0.05) is 17.5 Å². The van der Waals surface area contributed by atoms with Crippen LogP contribution in [0, 0.1) is 34.5 Å². The predicted molar refractivity (Wildman–Crippen MR) is 118 cm³/mol. The quantitative estimate of drug-likeness (QED) is 0.399. The fourth-order valence-electron chi connectivity index (χ4n) is 6.61. The molecule has 0 heterocycles. The molecule has 2 aliphatic carbocycles. The molecule has 2 N–H and O–H groups in total. The molecule has 0 aromatic rings. The van der Waals surface area contributed by atoms with Crippen LogP contribution < -0.4 is 0 Å². The van der Waals surface area contributed by atoms with Crippen LogP contribution in [0.5, 0.6) is 0 Å². The van der Waals surface area contributed by atoms with Gasteiger partial charge in [0.25, 0.3) is 0 Å². The van der Waals surface area contributed by atoms with Gasteiger partial charge in [0.05, 0.1) is 24.4 Å². The van der Waals surface area contributed by atoms with Crippen LogP contribution in [0.2, 0.25) is 0 Å². The Labute approximate surface area is 178 Å². The van der Waals surface area contributed by atoms with Gasteiger partial charge in [-0.2, -0.15) is 0 Å². The van der Waals surface area contributed by atoms with E-state index < -0.39 is 18.8 Å². The number of aliphatic hydroxyl groups excluding tert-OH is 2. The van der Waals surface area contributed by atoms with Gasteiger partial charge in [-0.25, -0.2) is 0 Å². The molecule has 0 amide bonds. The van der Waals surface area contributed by atoms with E-state index in [0.717, 1.165) is 25.7 Å². The van der Waals surface area contributed by atoms with Gasteiger partial charge in [-0.15, -0.1) is 0 Å². The van der Waals surface area contributed by atoms with E-state index in [4.69, 9.17) is 9.05 Å². The fourth-order valence-corrected chi connectivity index (χ4v) is 8.98. The Morgan fingerprint density at radius 1 is 0.724 bits per heavy atom. The maximum Gasteiger partial charge on any atom is 0.328 e. The van der Waals surface area contributed by atoms with Crippen LogP contribution >= 0.6 is 7.60 Å². The van der Waals surface area contributed by atoms with E-state index in [2.05, 4.69) is 55.4 Å². The highest BCUT2D eigenvalue weighted by atomic mass is 31.2. The van der Waals surface area contributed by atoms with Crippen LogP contribution in [0.3, 0.4) is 0 Å². The van der Waals surface area contributed by atoms with E-state index in [1.807, 2.05) is 0 Å². The van der Waals surface area contributed by atoms with Crippen molar-refractivity contribution in [3.05, 3.63) is 0 Å². The lowest BCUT2D eigenvalue weighted by molar-refractivity contribution is -0.143. The van der Waals surface area contributed by atoms with Crippen molar-refractivity contribution in [3.63, 3.8) is 0 Å². The highest BCUT2D eigenvalue weighted by Crippen LogP contribution is 2.70. The van der Waals surface area contributed by atoms with Crippen LogP contribution in [0.1, 0.15) is 81.1 Å². The molecule has 0 radical (unpaired) electrons. The number of rotatable bonds is 12. The summed E-state index contributed by atoms with van der Waals surface area (Å²) in [5, 5.41) is 20.5. The molecule has 0 spiro atoms. The van der Waals surface area contributed by atoms with Gasteiger partial charge in [-0.3, -0.25) is 4.57 Å². The molecular formula is C23H45O5P. The Morgan fingerprint density at radius 2 is 0.966 bits per heavy atom. The average molecular weight is 433 g/mol. The van der Waals surface area contributed by atoms with E-state index in [1.165, 1.54) is 0 Å². The highest BCUT2D eigenvalue weighted by Gasteiger charge is 2.67. The SMILES string of the molecule is CC(C)C(OP(C)(=O)OC(C(C)C)(C(C)C)C1(CO)CC1)(C(C)C)C1(CO)CC1. The molecule has 5 nitrogen and oxygen atoms in total. The Morgan fingerprint density at radius 3 is 1.10 bits per heavy atom. The third-order valence-electron chi connectivity index (χ3n) is 8.03. The molecule has 0 bridgehead atoms. The fraction of sp³-hybridized carbons (Fsp3) is 1.00. The predicted octanol–water partition coefficient (Wildman–Crippen LogP) is 5.49. The molecule has 0 aromatic carbocycles. The highest BCUT2D eigenvalue weighted by molar-refractivity contribution is 7.53. The summed E-state index contributed by atoms with van der Waals surface area (Å²) >= 11 is 0. The second kappa shape index (κ2) is 8.20. The van der Waals surface area contributed by atoms with Gasteiger partial charge in [0.15, 0.2) is 0 Å². The third-order valence-corrected chi connectivity index (χ3v) is 9.30. The number of hydrogen-bond donors (Lipinski definition) is 2. The minimum Gasteiger partial charge on any atom is -0.396 e. The second-order valence-electron chi connectivity index (χ2n) is 11.0. The maximum atomic E-state index is 14.0. The molecular weight excluding hydrogens is 387 g/mol. The van der Waals surface area contributed by atoms with Gasteiger partial charge < -0.3 is 19.3 Å². The first kappa shape index (κ1) is 25.3. The molecule has 0 unspecified atom stereocenters. The van der Waals surface area contributed by atoms with Crippen molar-refractivity contribution >= 4 is 7.60 Å². The molecule has 2 fully saturated rings. The lowest BCUT2D eigenvalue weighted by Crippen LogP contribution is -2.55. The summed E-state index contributed by atoms with van der Waals surface area (Å²) in [4.78, 5) is 0. The van der Waals surface area contributed by atoms with Crippen molar-refractivity contribution in [2.45, 2.75) is 92.3 Å². The molecule has 0 aromatic heterocycles. The van der Waals surface area contributed by atoms with Crippen LogP contribution in [0.25, 0.3) is 0 Å². The normalized spacial score (nSPS) is 21.5. The number of hydrogen-bond acceptors (Lipinski definition) is 5. The van der Waals surface area contributed by atoms with Crippen LogP contribution in [0.15, 0.2) is 0 Å². The lowest BCUT2D eigenvalue weighted by atomic mass is 9.69. The topological polar surface area (TPSA) is 76.0 Å². The van der Waals surface area contributed by atoms with Gasteiger partial charge >= 0.3 is 7.60 Å². The summed E-state index contributed by atoms with van der Waals surface area (Å²) in [6.07, 6.45) is 3.50. The largest absolute Gasteiger partial charge is 0.396 e. The molecule has 0 atom stereocenters. The van der Waals surface area contributed by atoms with E-state index in [9.17, 15) is 14.8 Å². The lowest BCUT2D eigenvalue weighted by Gasteiger charge is -2.52. The minimum atomic E-state index is -3.51. The van der Waals surface area contributed by atoms with Crippen molar-refractivity contribution < 1.29 is 23.8 Å². The van der Waals surface area contributed by atoms with Crippen molar-refractivity contribution in [3.8, 4) is 0 Å². The van der Waals surface area contributed by atoms with Crippen molar-refractivity contribution in [1.82, 2.24) is 0 Å². The summed E-state index contributed by atoms with van der Waals surface area (Å²) in [6.45, 7) is 18.4. The summed E-state index contributed by atoms with van der Waals surface area (Å²) in [6, 6.07) is 0. The zero-order valence-corrected chi connectivity index (χ0v) is 21.0. The molecule has 2 rings (SSSR count). The second-order valence-corrected chi connectivity index (χ2v) is 12.9. The summed E-state index contributed by atoms with van der Waals surface area (Å²) < 4.78 is 27.2. The number of aliphatic hydroxyl groups is 2. The van der Waals surface area contributed by atoms with Gasteiger partial charge in [0.1, 0.15) is 0 Å². The smallest absolute Gasteiger partial charge is 0.328 e. The van der Waals surface area contributed by atoms with E-state index >= 15 is 0 Å². The van der Waals surface area contributed by atoms with Crippen molar-refractivity contribution in [2.24, 2.45) is 34.5 Å². The minimum absolute atomic E-state index is 0.0312. The standard InChI is InChI=1S/C23H45O5P/c1-16(2)22(17(3)4,20(14-24)10-11-20)27-29(9,26)28-23(18(5)6,19(7)8)21(15-25)12-13-21/h16-19,24-25H,10-15H2,1-9H3. The van der Waals surface area contributed by atoms with Gasteiger partial charge in [0.2, 0.25) is 0 Å². The van der Waals surface area contributed by atoms with Crippen LogP contribution in [-0.2, 0) is 13.6 Å². The monoisotopic (exact) mass is 432 g/mol. The summed E-state index contributed by atoms with van der Waals surface area (Å²) in [5.41, 5.74) is -2.17. The van der Waals surface area contributed by atoms with Crippen molar-refractivity contribution in [1.29, 1.82) is 0 Å². The molecule has 2 saturated carbocycles. The average Bonchev–Trinajstić information content (AvgIpc) is 3.51. The molecule has 2 aliphatic rings. The first-order valence-electron chi connectivity index (χ1n) is 11.4. The molecule has 29 heavy (non-hydrogen) atoms. The van der Waals surface area contributed by atoms with E-state index in [1.54, 1.807) is 6.66 Å². The van der Waals surface area contributed by atoms with E-state index in [-0.39, 0.29) is 47.7 Å². The van der Waals surface area contributed by atoms with E-state index in [0.29, 0.717) is 0 Å². The van der Waals surface area contributed by atoms with Gasteiger partial charge in [-0.05, 0) is 49.4 Å². The maximum absolute atomic E-state index is 14.0. The molecule has 0 saturated heterocycles. The van der Waals surface area contributed by atoms with Gasteiger partial charge in [-0.1, -0.05) is 55.4 Å². The first-order chi connectivity index (χ1) is 13.2. The van der Waals surface area contributed by atoms with Crippen LogP contribution in [0.4, 0.5) is 0 Å². The molecule has 172 valence electrons. The first-order valence-corrected chi connectivity index (χ1v) is 13.4. The third kappa shape index (κ3) is 3.89. The Balaban J connectivity index is 2.48. The zero-order chi connectivity index (χ0) is 22.5. The molecule has 6 heteroatoms. The van der Waals surface area contributed by atoms with Crippen molar-refractivity contribution in [2.75, 3.05) is 19.9 Å². The summed E-state index contributed by atoms with van der Waals surface area (Å²) in [7, 11) is -3.51. The Bertz CT molecular complexity index is 551.